The summed E-state index contributed by atoms with van der Waals surface area (Å²) in [4.78, 5) is 13.6. The largest absolute Gasteiger partial charge is 0.465 e. The van der Waals surface area contributed by atoms with Crippen LogP contribution in [0.2, 0.25) is 0 Å². The molecule has 0 spiro atoms. The van der Waals surface area contributed by atoms with E-state index in [1.54, 1.807) is 0 Å². The molecular weight excluding hydrogens is 238 g/mol. The van der Waals surface area contributed by atoms with E-state index in [1.165, 1.54) is 25.7 Å². The molecule has 0 N–H and O–H groups in total. The van der Waals surface area contributed by atoms with Gasteiger partial charge in [-0.05, 0) is 26.2 Å². The second-order valence-electron chi connectivity index (χ2n) is 5.07. The average molecular weight is 265 g/mol. The van der Waals surface area contributed by atoms with Gasteiger partial charge in [0.15, 0.2) is 0 Å². The highest BCUT2D eigenvalue weighted by Gasteiger charge is 2.24. The smallest absolute Gasteiger partial charge is 0.320 e. The van der Waals surface area contributed by atoms with E-state index in [4.69, 9.17) is 4.74 Å². The predicted octanol–water partition coefficient (Wildman–Crippen LogP) is 2.99. The maximum absolute atomic E-state index is 11.5. The molecule has 0 aromatic heterocycles. The molecule has 0 aromatic carbocycles. The number of nitrogens with zero attached hydrogens (tertiary/aromatic N) is 1. The minimum Gasteiger partial charge on any atom is -0.465 e. The molecule has 1 atom stereocenters. The molecule has 3 heteroatoms. The molecule has 1 rings (SSSR count). The van der Waals surface area contributed by atoms with Gasteiger partial charge in [-0.15, -0.1) is 5.92 Å². The Morgan fingerprint density at radius 1 is 1.32 bits per heavy atom. The van der Waals surface area contributed by atoms with Crippen LogP contribution in [0.5, 0.6) is 0 Å². The van der Waals surface area contributed by atoms with E-state index in [9.17, 15) is 4.79 Å². The lowest BCUT2D eigenvalue weighted by molar-refractivity contribution is -0.144. The van der Waals surface area contributed by atoms with Crippen LogP contribution in [0.4, 0.5) is 0 Å². The van der Waals surface area contributed by atoms with Gasteiger partial charge in [-0.25, -0.2) is 0 Å². The number of hydrogen-bond acceptors (Lipinski definition) is 3. The van der Waals surface area contributed by atoms with Crippen LogP contribution < -0.4 is 0 Å². The number of likely N-dealkylation sites (tertiary alicyclic amines) is 1. The molecule has 1 unspecified atom stereocenters. The Morgan fingerprint density at radius 2 is 2.16 bits per heavy atom. The van der Waals surface area contributed by atoms with E-state index in [2.05, 4.69) is 23.7 Å². The fourth-order valence-electron chi connectivity index (χ4n) is 2.38. The first-order chi connectivity index (χ1) is 9.27. The predicted molar refractivity (Wildman–Crippen MR) is 77.8 cm³/mol. The number of rotatable bonds is 7. The molecule has 1 heterocycles. The number of carbonyl (C=O) groups is 1. The molecule has 0 bridgehead atoms. The zero-order valence-corrected chi connectivity index (χ0v) is 12.4. The Bertz CT molecular complexity index is 316. The number of hydrogen-bond donors (Lipinski definition) is 0. The maximum atomic E-state index is 11.5. The third-order valence-electron chi connectivity index (χ3n) is 3.43. The van der Waals surface area contributed by atoms with Gasteiger partial charge >= 0.3 is 5.97 Å². The zero-order chi connectivity index (χ0) is 13.9. The quantitative estimate of drug-likeness (QED) is 0.402. The number of esters is 1. The van der Waals surface area contributed by atoms with Gasteiger partial charge in [-0.3, -0.25) is 9.69 Å². The molecule has 3 nitrogen and oxygen atoms in total. The Morgan fingerprint density at radius 3 is 2.89 bits per heavy atom. The highest BCUT2D eigenvalue weighted by atomic mass is 16.5. The summed E-state index contributed by atoms with van der Waals surface area (Å²) in [6.07, 6.45) is 8.26. The van der Waals surface area contributed by atoms with Crippen molar-refractivity contribution in [3.63, 3.8) is 0 Å². The Balaban J connectivity index is 2.27. The van der Waals surface area contributed by atoms with Crippen LogP contribution in [0.1, 0.15) is 58.8 Å². The summed E-state index contributed by atoms with van der Waals surface area (Å²) in [5, 5.41) is 0. The van der Waals surface area contributed by atoms with Crippen LogP contribution in [0.3, 0.4) is 0 Å². The summed E-state index contributed by atoms with van der Waals surface area (Å²) in [7, 11) is 0. The molecule has 19 heavy (non-hydrogen) atoms. The van der Waals surface area contributed by atoms with E-state index in [-0.39, 0.29) is 12.0 Å². The van der Waals surface area contributed by atoms with Crippen LogP contribution in [0.25, 0.3) is 0 Å². The van der Waals surface area contributed by atoms with E-state index in [0.717, 1.165) is 25.8 Å². The van der Waals surface area contributed by atoms with Crippen molar-refractivity contribution in [1.82, 2.24) is 4.90 Å². The topological polar surface area (TPSA) is 29.5 Å². The fourth-order valence-corrected chi connectivity index (χ4v) is 2.38. The summed E-state index contributed by atoms with van der Waals surface area (Å²) >= 11 is 0. The second kappa shape index (κ2) is 9.86. The van der Waals surface area contributed by atoms with E-state index >= 15 is 0 Å². The molecule has 0 aliphatic carbocycles. The van der Waals surface area contributed by atoms with E-state index in [1.807, 2.05) is 6.92 Å². The molecule has 0 saturated carbocycles. The van der Waals surface area contributed by atoms with Crippen molar-refractivity contribution in [2.75, 3.05) is 19.7 Å². The average Bonchev–Trinajstić information content (AvgIpc) is 2.81. The number of carbonyl (C=O) groups excluding carboxylic acids is 1. The van der Waals surface area contributed by atoms with Gasteiger partial charge in [0.2, 0.25) is 0 Å². The molecule has 1 fully saturated rings. The maximum Gasteiger partial charge on any atom is 0.320 e. The lowest BCUT2D eigenvalue weighted by Gasteiger charge is -2.18. The molecule has 0 amide bonds. The minimum atomic E-state index is -0.126. The minimum absolute atomic E-state index is 0.126. The standard InChI is InChI=1S/C16H27NO2/c1-3-5-6-7-8-9-11-15-12-10-13-17(15)14-16(18)19-4-2/h15H,3-8,10,12-14H2,1-2H3. The molecule has 0 radical (unpaired) electrons. The molecule has 1 aliphatic heterocycles. The van der Waals surface area contributed by atoms with Crippen LogP contribution >= 0.6 is 0 Å². The number of unbranched alkanes of at least 4 members (excludes halogenated alkanes) is 4. The summed E-state index contributed by atoms with van der Waals surface area (Å²) in [6.45, 7) is 5.88. The Labute approximate surface area is 117 Å². The SMILES string of the molecule is CCCCCCC#CC1CCCN1CC(=O)OCC. The first-order valence-corrected chi connectivity index (χ1v) is 7.66. The third kappa shape index (κ3) is 6.63. The highest BCUT2D eigenvalue weighted by Crippen LogP contribution is 2.16. The summed E-state index contributed by atoms with van der Waals surface area (Å²) in [6, 6.07) is 0.260. The van der Waals surface area contributed by atoms with Gasteiger partial charge in [0, 0.05) is 13.0 Å². The van der Waals surface area contributed by atoms with Crippen molar-refractivity contribution in [1.29, 1.82) is 0 Å². The summed E-state index contributed by atoms with van der Waals surface area (Å²) in [5.74, 6) is 6.48. The van der Waals surface area contributed by atoms with Crippen molar-refractivity contribution in [3.8, 4) is 11.8 Å². The first kappa shape index (κ1) is 16.0. The normalized spacial score (nSPS) is 18.9. The van der Waals surface area contributed by atoms with Gasteiger partial charge in [0.05, 0.1) is 19.2 Å². The second-order valence-corrected chi connectivity index (χ2v) is 5.07. The van der Waals surface area contributed by atoms with Gasteiger partial charge in [-0.2, -0.15) is 0 Å². The summed E-state index contributed by atoms with van der Waals surface area (Å²) < 4.78 is 4.99. The van der Waals surface area contributed by atoms with Crippen molar-refractivity contribution in [2.45, 2.75) is 64.8 Å². The molecule has 1 saturated heterocycles. The molecular formula is C16H27NO2. The summed E-state index contributed by atoms with van der Waals surface area (Å²) in [5.41, 5.74) is 0. The van der Waals surface area contributed by atoms with Gasteiger partial charge in [0.25, 0.3) is 0 Å². The third-order valence-corrected chi connectivity index (χ3v) is 3.43. The highest BCUT2D eigenvalue weighted by molar-refractivity contribution is 5.71. The lowest BCUT2D eigenvalue weighted by Crippen LogP contribution is -2.34. The van der Waals surface area contributed by atoms with Crippen molar-refractivity contribution in [3.05, 3.63) is 0 Å². The molecule has 1 aliphatic rings. The van der Waals surface area contributed by atoms with E-state index in [0.29, 0.717) is 13.2 Å². The lowest BCUT2D eigenvalue weighted by atomic mass is 10.1. The van der Waals surface area contributed by atoms with Crippen molar-refractivity contribution < 1.29 is 9.53 Å². The van der Waals surface area contributed by atoms with Gasteiger partial charge < -0.3 is 4.74 Å². The number of ether oxygens (including phenoxy) is 1. The van der Waals surface area contributed by atoms with Crippen molar-refractivity contribution in [2.24, 2.45) is 0 Å². The van der Waals surface area contributed by atoms with Gasteiger partial charge in [0.1, 0.15) is 0 Å². The Hall–Kier alpha value is -1.01. The van der Waals surface area contributed by atoms with Crippen LogP contribution in [0.15, 0.2) is 0 Å². The molecule has 108 valence electrons. The van der Waals surface area contributed by atoms with Crippen LogP contribution in [-0.4, -0.2) is 36.6 Å². The van der Waals surface area contributed by atoms with Crippen LogP contribution in [-0.2, 0) is 9.53 Å². The molecule has 0 aromatic rings. The first-order valence-electron chi connectivity index (χ1n) is 7.66. The van der Waals surface area contributed by atoms with Crippen LogP contribution in [0, 0.1) is 11.8 Å². The van der Waals surface area contributed by atoms with Crippen molar-refractivity contribution >= 4 is 5.97 Å². The van der Waals surface area contributed by atoms with Gasteiger partial charge in [-0.1, -0.05) is 32.1 Å². The van der Waals surface area contributed by atoms with E-state index < -0.39 is 0 Å². The Kier molecular flexibility index (Phi) is 8.33. The monoisotopic (exact) mass is 265 g/mol. The zero-order valence-electron chi connectivity index (χ0n) is 12.4. The fraction of sp³-hybridized carbons (Fsp3) is 0.812.